The molecule has 0 atom stereocenters. The van der Waals surface area contributed by atoms with Gasteiger partial charge in [0.25, 0.3) is 0 Å². The third-order valence-electron chi connectivity index (χ3n) is 6.93. The summed E-state index contributed by atoms with van der Waals surface area (Å²) in [6.45, 7) is 8.32. The quantitative estimate of drug-likeness (QED) is 0.656. The Hall–Kier alpha value is -2.21. The van der Waals surface area contributed by atoms with E-state index in [-0.39, 0.29) is 11.8 Å². The van der Waals surface area contributed by atoms with Crippen LogP contribution in [-0.4, -0.2) is 74.7 Å². The normalized spacial score (nSPS) is 18.7. The molecule has 2 aromatic rings. The molecule has 2 aliphatic heterocycles. The van der Waals surface area contributed by atoms with Crippen LogP contribution >= 0.6 is 0 Å². The summed E-state index contributed by atoms with van der Waals surface area (Å²) in [5.41, 5.74) is 2.77. The number of carbonyl (C=O) groups is 1. The summed E-state index contributed by atoms with van der Waals surface area (Å²) in [6, 6.07) is 21.7. The SMILES string of the molecule is O=C(NCCN1CCOCC1)C1CCN(CCC(c2ccccc2)c2ccccc2)CC1. The molecular formula is C27H37N3O2. The molecule has 2 aromatic carbocycles. The van der Waals surface area contributed by atoms with Gasteiger partial charge in [0, 0.05) is 38.0 Å². The first-order chi connectivity index (χ1) is 15.8. The highest BCUT2D eigenvalue weighted by atomic mass is 16.5. The van der Waals surface area contributed by atoms with Crippen LogP contribution in [0.1, 0.15) is 36.3 Å². The monoisotopic (exact) mass is 435 g/mol. The molecule has 2 saturated heterocycles. The van der Waals surface area contributed by atoms with Gasteiger partial charge in [-0.05, 0) is 50.0 Å². The minimum Gasteiger partial charge on any atom is -0.379 e. The molecule has 0 spiro atoms. The van der Waals surface area contributed by atoms with Crippen LogP contribution in [0.3, 0.4) is 0 Å². The van der Waals surface area contributed by atoms with Crippen molar-refractivity contribution in [2.75, 3.05) is 59.0 Å². The number of nitrogens with one attached hydrogen (secondary N) is 1. The number of ether oxygens (including phenoxy) is 1. The summed E-state index contributed by atoms with van der Waals surface area (Å²) < 4.78 is 5.38. The summed E-state index contributed by atoms with van der Waals surface area (Å²) >= 11 is 0. The number of nitrogens with zero attached hydrogens (tertiary/aromatic N) is 2. The van der Waals surface area contributed by atoms with Gasteiger partial charge in [-0.1, -0.05) is 60.7 Å². The van der Waals surface area contributed by atoms with E-state index in [1.807, 2.05) is 0 Å². The molecule has 0 bridgehead atoms. The van der Waals surface area contributed by atoms with Crippen LogP contribution in [0.5, 0.6) is 0 Å². The van der Waals surface area contributed by atoms with Gasteiger partial charge in [0.1, 0.15) is 0 Å². The predicted octanol–water partition coefficient (Wildman–Crippen LogP) is 3.37. The zero-order valence-corrected chi connectivity index (χ0v) is 19.1. The second-order valence-corrected chi connectivity index (χ2v) is 9.02. The molecular weight excluding hydrogens is 398 g/mol. The molecule has 0 aliphatic carbocycles. The van der Waals surface area contributed by atoms with Crippen LogP contribution in [0.4, 0.5) is 0 Å². The van der Waals surface area contributed by atoms with E-state index in [0.717, 1.165) is 78.3 Å². The Morgan fingerprint density at radius 2 is 1.41 bits per heavy atom. The Morgan fingerprint density at radius 3 is 2.00 bits per heavy atom. The van der Waals surface area contributed by atoms with Crippen molar-refractivity contribution in [2.45, 2.75) is 25.2 Å². The summed E-state index contributed by atoms with van der Waals surface area (Å²) in [4.78, 5) is 17.5. The molecule has 5 heteroatoms. The molecule has 0 aromatic heterocycles. The van der Waals surface area contributed by atoms with Crippen LogP contribution in [0, 0.1) is 5.92 Å². The van der Waals surface area contributed by atoms with E-state index in [1.54, 1.807) is 0 Å². The lowest BCUT2D eigenvalue weighted by Crippen LogP contribution is -2.44. The minimum absolute atomic E-state index is 0.162. The van der Waals surface area contributed by atoms with E-state index in [9.17, 15) is 4.79 Å². The highest BCUT2D eigenvalue weighted by molar-refractivity contribution is 5.78. The van der Waals surface area contributed by atoms with Gasteiger partial charge in [-0.25, -0.2) is 0 Å². The lowest BCUT2D eigenvalue weighted by molar-refractivity contribution is -0.126. The van der Waals surface area contributed by atoms with Crippen molar-refractivity contribution >= 4 is 5.91 Å². The third-order valence-corrected chi connectivity index (χ3v) is 6.93. The Morgan fingerprint density at radius 1 is 0.844 bits per heavy atom. The number of morpholine rings is 1. The highest BCUT2D eigenvalue weighted by Gasteiger charge is 2.25. The van der Waals surface area contributed by atoms with Crippen LogP contribution in [0.15, 0.2) is 60.7 Å². The van der Waals surface area contributed by atoms with Crippen LogP contribution in [-0.2, 0) is 9.53 Å². The van der Waals surface area contributed by atoms with Crippen molar-refractivity contribution in [3.8, 4) is 0 Å². The fourth-order valence-electron chi connectivity index (χ4n) is 4.93. The van der Waals surface area contributed by atoms with E-state index in [1.165, 1.54) is 11.1 Å². The molecule has 32 heavy (non-hydrogen) atoms. The van der Waals surface area contributed by atoms with E-state index >= 15 is 0 Å². The summed E-state index contributed by atoms with van der Waals surface area (Å²) in [5, 5.41) is 3.17. The Labute approximate surface area is 192 Å². The third kappa shape index (κ3) is 6.64. The Balaban J connectivity index is 1.21. The molecule has 172 valence electrons. The fraction of sp³-hybridized carbons (Fsp3) is 0.519. The number of hydrogen-bond acceptors (Lipinski definition) is 4. The van der Waals surface area contributed by atoms with Gasteiger partial charge < -0.3 is 15.0 Å². The standard InChI is InChI=1S/C27H37N3O2/c31-27(28-14-18-30-19-21-32-22-20-30)25-11-15-29(16-12-25)17-13-26(23-7-3-1-4-8-23)24-9-5-2-6-10-24/h1-10,25-26H,11-22H2,(H,28,31). The second-order valence-electron chi connectivity index (χ2n) is 9.02. The van der Waals surface area contributed by atoms with E-state index in [4.69, 9.17) is 4.74 Å². The highest BCUT2D eigenvalue weighted by Crippen LogP contribution is 2.29. The maximum Gasteiger partial charge on any atom is 0.223 e. The van der Waals surface area contributed by atoms with Gasteiger partial charge >= 0.3 is 0 Å². The Kier molecular flexibility index (Phi) is 8.71. The molecule has 0 unspecified atom stereocenters. The van der Waals surface area contributed by atoms with Crippen LogP contribution in [0.25, 0.3) is 0 Å². The molecule has 5 nitrogen and oxygen atoms in total. The summed E-state index contributed by atoms with van der Waals surface area (Å²) in [5.74, 6) is 0.818. The van der Waals surface area contributed by atoms with Gasteiger partial charge in [0.2, 0.25) is 5.91 Å². The zero-order chi connectivity index (χ0) is 22.0. The molecule has 4 rings (SSSR count). The zero-order valence-electron chi connectivity index (χ0n) is 19.1. The molecule has 1 amide bonds. The number of benzene rings is 2. The number of hydrogen-bond donors (Lipinski definition) is 1. The smallest absolute Gasteiger partial charge is 0.223 e. The first-order valence-electron chi connectivity index (χ1n) is 12.2. The largest absolute Gasteiger partial charge is 0.379 e. The number of amides is 1. The molecule has 2 heterocycles. The fourth-order valence-corrected chi connectivity index (χ4v) is 4.93. The number of likely N-dealkylation sites (tertiary alicyclic amines) is 1. The maximum atomic E-state index is 12.6. The van der Waals surface area contributed by atoms with Crippen molar-refractivity contribution in [1.82, 2.24) is 15.1 Å². The van der Waals surface area contributed by atoms with Crippen molar-refractivity contribution in [1.29, 1.82) is 0 Å². The van der Waals surface area contributed by atoms with Gasteiger partial charge in [-0.15, -0.1) is 0 Å². The molecule has 2 aliphatic rings. The lowest BCUT2D eigenvalue weighted by atomic mass is 9.88. The molecule has 1 N–H and O–H groups in total. The van der Waals surface area contributed by atoms with E-state index in [2.05, 4.69) is 75.8 Å². The van der Waals surface area contributed by atoms with Gasteiger partial charge in [0.05, 0.1) is 13.2 Å². The minimum atomic E-state index is 0.162. The van der Waals surface area contributed by atoms with Crippen LogP contribution in [0.2, 0.25) is 0 Å². The second kappa shape index (κ2) is 12.1. The first kappa shape index (κ1) is 23.0. The average molecular weight is 436 g/mol. The molecule has 0 saturated carbocycles. The first-order valence-corrected chi connectivity index (χ1v) is 12.2. The molecule has 0 radical (unpaired) electrons. The van der Waals surface area contributed by atoms with Crippen LogP contribution < -0.4 is 5.32 Å². The topological polar surface area (TPSA) is 44.8 Å². The van der Waals surface area contributed by atoms with Gasteiger partial charge in [0.15, 0.2) is 0 Å². The van der Waals surface area contributed by atoms with Gasteiger partial charge in [-0.2, -0.15) is 0 Å². The number of rotatable bonds is 9. The van der Waals surface area contributed by atoms with Gasteiger partial charge in [-0.3, -0.25) is 9.69 Å². The lowest BCUT2D eigenvalue weighted by Gasteiger charge is -2.32. The number of piperidine rings is 1. The van der Waals surface area contributed by atoms with E-state index in [0.29, 0.717) is 5.92 Å². The number of carbonyl (C=O) groups excluding carboxylic acids is 1. The Bertz CT molecular complexity index is 761. The summed E-state index contributed by atoms with van der Waals surface area (Å²) in [6.07, 6.45) is 3.03. The average Bonchev–Trinajstić information content (AvgIpc) is 2.86. The van der Waals surface area contributed by atoms with Crippen molar-refractivity contribution in [3.05, 3.63) is 71.8 Å². The van der Waals surface area contributed by atoms with Crippen molar-refractivity contribution in [3.63, 3.8) is 0 Å². The predicted molar refractivity (Wildman–Crippen MR) is 129 cm³/mol. The van der Waals surface area contributed by atoms with Crippen molar-refractivity contribution < 1.29 is 9.53 Å². The van der Waals surface area contributed by atoms with E-state index < -0.39 is 0 Å². The molecule has 2 fully saturated rings. The maximum absolute atomic E-state index is 12.6. The summed E-state index contributed by atoms with van der Waals surface area (Å²) in [7, 11) is 0. The van der Waals surface area contributed by atoms with Crippen molar-refractivity contribution in [2.24, 2.45) is 5.92 Å².